The van der Waals surface area contributed by atoms with E-state index in [0.29, 0.717) is 22.9 Å². The van der Waals surface area contributed by atoms with Crippen molar-refractivity contribution in [3.63, 3.8) is 0 Å². The lowest BCUT2D eigenvalue weighted by atomic mass is 9.90. The molecule has 0 aliphatic carbocycles. The molecule has 1 aromatic rings. The minimum atomic E-state index is -4.60. The predicted octanol–water partition coefficient (Wildman–Crippen LogP) is 3.70. The second kappa shape index (κ2) is 5.95. The van der Waals surface area contributed by atoms with Crippen LogP contribution in [0.1, 0.15) is 24.3 Å². The monoisotopic (exact) mass is 277 g/mol. The van der Waals surface area contributed by atoms with Crippen molar-refractivity contribution in [3.05, 3.63) is 29.8 Å². The Kier molecular flexibility index (Phi) is 4.53. The normalized spacial score (nSPS) is 17.9. The molecule has 2 nitrogen and oxygen atoms in total. The number of nitrogens with one attached hydrogen (secondary N) is 1. The fourth-order valence-corrected chi connectivity index (χ4v) is 2.48. The number of halogens is 3. The minimum absolute atomic E-state index is 0.345. The third-order valence-electron chi connectivity index (χ3n) is 2.92. The van der Waals surface area contributed by atoms with E-state index in [2.05, 4.69) is 9.50 Å². The lowest BCUT2D eigenvalue weighted by molar-refractivity contribution is -0.266. The van der Waals surface area contributed by atoms with Crippen LogP contribution in [0.2, 0.25) is 0 Å². The molecule has 18 heavy (non-hydrogen) atoms. The van der Waals surface area contributed by atoms with Gasteiger partial charge in [-0.25, -0.2) is 4.18 Å². The standard InChI is InChI=1S/C12H14F3NOS/c13-12(14,15)17-18-11-3-1-9(2-4-11)10-5-7-16-8-6-10/h1-4,10,16H,5-8H2. The van der Waals surface area contributed by atoms with Gasteiger partial charge in [0.05, 0.1) is 0 Å². The summed E-state index contributed by atoms with van der Waals surface area (Å²) in [5.41, 5.74) is 1.19. The first-order chi connectivity index (χ1) is 8.54. The molecule has 0 spiro atoms. The first-order valence-corrected chi connectivity index (χ1v) is 6.52. The average Bonchev–Trinajstić information content (AvgIpc) is 2.37. The molecule has 1 N–H and O–H groups in total. The Balaban J connectivity index is 1.92. The summed E-state index contributed by atoms with van der Waals surface area (Å²) < 4.78 is 39.3. The van der Waals surface area contributed by atoms with Crippen LogP contribution in [0, 0.1) is 0 Å². The quantitative estimate of drug-likeness (QED) is 0.851. The van der Waals surface area contributed by atoms with Gasteiger partial charge in [-0.15, -0.1) is 13.2 Å². The van der Waals surface area contributed by atoms with Gasteiger partial charge in [0.1, 0.15) is 0 Å². The van der Waals surface area contributed by atoms with E-state index in [4.69, 9.17) is 0 Å². The van der Waals surface area contributed by atoms with E-state index in [-0.39, 0.29) is 0 Å². The van der Waals surface area contributed by atoms with Gasteiger partial charge in [-0.05, 0) is 49.5 Å². The second-order valence-electron chi connectivity index (χ2n) is 4.21. The van der Waals surface area contributed by atoms with Gasteiger partial charge in [-0.1, -0.05) is 12.1 Å². The SMILES string of the molecule is FC(F)(F)OSc1ccc(C2CCNCC2)cc1. The number of hydrogen-bond acceptors (Lipinski definition) is 3. The number of rotatable bonds is 3. The van der Waals surface area contributed by atoms with Gasteiger partial charge in [-0.2, -0.15) is 0 Å². The Morgan fingerprint density at radius 2 is 1.72 bits per heavy atom. The molecule has 0 unspecified atom stereocenters. The molecule has 1 heterocycles. The molecule has 6 heteroatoms. The van der Waals surface area contributed by atoms with Crippen LogP contribution >= 0.6 is 12.0 Å². The van der Waals surface area contributed by atoms with E-state index in [1.807, 2.05) is 12.1 Å². The summed E-state index contributed by atoms with van der Waals surface area (Å²) in [6, 6.07) is 7.12. The summed E-state index contributed by atoms with van der Waals surface area (Å²) in [5.74, 6) is 0.508. The molecule has 1 aromatic carbocycles. The van der Waals surface area contributed by atoms with E-state index in [0.717, 1.165) is 25.9 Å². The van der Waals surface area contributed by atoms with Gasteiger partial charge in [0.25, 0.3) is 0 Å². The van der Waals surface area contributed by atoms with Crippen molar-refractivity contribution in [3.8, 4) is 0 Å². The first-order valence-electron chi connectivity index (χ1n) is 5.78. The summed E-state index contributed by atoms with van der Waals surface area (Å²) in [5, 5.41) is 3.28. The van der Waals surface area contributed by atoms with Crippen molar-refractivity contribution < 1.29 is 17.4 Å². The van der Waals surface area contributed by atoms with Crippen LogP contribution in [0.3, 0.4) is 0 Å². The maximum Gasteiger partial charge on any atom is 0.533 e. The Hall–Kier alpha value is -0.720. The van der Waals surface area contributed by atoms with Crippen LogP contribution in [-0.4, -0.2) is 19.5 Å². The predicted molar refractivity (Wildman–Crippen MR) is 64.3 cm³/mol. The van der Waals surface area contributed by atoms with Gasteiger partial charge in [0.15, 0.2) is 0 Å². The van der Waals surface area contributed by atoms with E-state index in [1.165, 1.54) is 5.56 Å². The van der Waals surface area contributed by atoms with Gasteiger partial charge in [-0.3, -0.25) is 0 Å². The molecule has 0 amide bonds. The molecule has 100 valence electrons. The van der Waals surface area contributed by atoms with Gasteiger partial charge >= 0.3 is 6.36 Å². The molecule has 0 saturated carbocycles. The summed E-state index contributed by atoms with van der Waals surface area (Å²) in [6.07, 6.45) is -2.45. The highest BCUT2D eigenvalue weighted by Gasteiger charge is 2.30. The third-order valence-corrected chi connectivity index (χ3v) is 3.66. The van der Waals surface area contributed by atoms with E-state index in [9.17, 15) is 13.2 Å². The Labute approximate surface area is 108 Å². The largest absolute Gasteiger partial charge is 0.533 e. The highest BCUT2D eigenvalue weighted by atomic mass is 32.2. The number of benzene rings is 1. The minimum Gasteiger partial charge on any atom is -0.317 e. The Bertz CT molecular complexity index is 374. The highest BCUT2D eigenvalue weighted by Crippen LogP contribution is 2.31. The lowest BCUT2D eigenvalue weighted by Gasteiger charge is -2.23. The molecule has 0 bridgehead atoms. The first kappa shape index (κ1) is 13.7. The van der Waals surface area contributed by atoms with E-state index in [1.54, 1.807) is 12.1 Å². The van der Waals surface area contributed by atoms with Crippen molar-refractivity contribution in [2.45, 2.75) is 30.0 Å². The zero-order valence-corrected chi connectivity index (χ0v) is 10.5. The van der Waals surface area contributed by atoms with Crippen molar-refractivity contribution >= 4 is 12.0 Å². The molecular formula is C12H14F3NOS. The molecule has 0 radical (unpaired) electrons. The number of piperidine rings is 1. The maximum absolute atomic E-state index is 11.9. The van der Waals surface area contributed by atoms with Gasteiger partial charge < -0.3 is 5.32 Å². The molecule has 0 atom stereocenters. The van der Waals surface area contributed by atoms with E-state index >= 15 is 0 Å². The van der Waals surface area contributed by atoms with Gasteiger partial charge in [0, 0.05) is 16.9 Å². The fraction of sp³-hybridized carbons (Fsp3) is 0.500. The highest BCUT2D eigenvalue weighted by molar-refractivity contribution is 7.94. The van der Waals surface area contributed by atoms with Crippen molar-refractivity contribution in [1.82, 2.24) is 5.32 Å². The molecule has 1 aliphatic heterocycles. The fourth-order valence-electron chi connectivity index (χ4n) is 2.05. The maximum atomic E-state index is 11.9. The Morgan fingerprint density at radius 1 is 1.11 bits per heavy atom. The number of hydrogen-bond donors (Lipinski definition) is 1. The van der Waals surface area contributed by atoms with Crippen LogP contribution in [0.4, 0.5) is 13.2 Å². The van der Waals surface area contributed by atoms with Crippen molar-refractivity contribution in [1.29, 1.82) is 0 Å². The second-order valence-corrected chi connectivity index (χ2v) is 5.01. The zero-order chi connectivity index (χ0) is 13.0. The van der Waals surface area contributed by atoms with Crippen molar-refractivity contribution in [2.75, 3.05) is 13.1 Å². The summed E-state index contributed by atoms with van der Waals surface area (Å²) in [6.45, 7) is 2.00. The van der Waals surface area contributed by atoms with Gasteiger partial charge in [0.2, 0.25) is 0 Å². The van der Waals surface area contributed by atoms with Crippen LogP contribution in [0.5, 0.6) is 0 Å². The molecule has 2 rings (SSSR count). The zero-order valence-electron chi connectivity index (χ0n) is 9.67. The molecule has 1 fully saturated rings. The topological polar surface area (TPSA) is 21.3 Å². The number of alkyl halides is 3. The smallest absolute Gasteiger partial charge is 0.317 e. The summed E-state index contributed by atoms with van der Waals surface area (Å²) >= 11 is 0.345. The van der Waals surface area contributed by atoms with Crippen molar-refractivity contribution in [2.24, 2.45) is 0 Å². The molecule has 0 aromatic heterocycles. The van der Waals surface area contributed by atoms with Crippen LogP contribution < -0.4 is 5.32 Å². The average molecular weight is 277 g/mol. The van der Waals surface area contributed by atoms with Crippen LogP contribution in [-0.2, 0) is 4.18 Å². The molecule has 1 saturated heterocycles. The molecule has 1 aliphatic rings. The summed E-state index contributed by atoms with van der Waals surface area (Å²) in [7, 11) is 0. The van der Waals surface area contributed by atoms with Crippen LogP contribution in [0.15, 0.2) is 29.2 Å². The van der Waals surface area contributed by atoms with E-state index < -0.39 is 6.36 Å². The third kappa shape index (κ3) is 4.19. The lowest BCUT2D eigenvalue weighted by Crippen LogP contribution is -2.26. The Morgan fingerprint density at radius 3 is 2.28 bits per heavy atom. The van der Waals surface area contributed by atoms with Crippen LogP contribution in [0.25, 0.3) is 0 Å². The summed E-state index contributed by atoms with van der Waals surface area (Å²) in [4.78, 5) is 0.463. The molecular weight excluding hydrogens is 263 g/mol.